The molecular weight excluding hydrogens is 470 g/mol. The van der Waals surface area contributed by atoms with Crippen LogP contribution in [-0.4, -0.2) is 27.6 Å². The average Bonchev–Trinajstić information content (AvgIpc) is 2.88. The average molecular weight is 500 g/mol. The molecule has 0 aliphatic rings. The number of benzene rings is 3. The summed E-state index contributed by atoms with van der Waals surface area (Å²) in [7, 11) is 0. The molecule has 0 fully saturated rings. The number of nitrogens with two attached hydrogens (primary N) is 1. The van der Waals surface area contributed by atoms with Gasteiger partial charge >= 0.3 is 0 Å². The van der Waals surface area contributed by atoms with E-state index in [1.807, 2.05) is 30.3 Å². The van der Waals surface area contributed by atoms with Crippen LogP contribution in [-0.2, 0) is 6.54 Å². The Hall–Kier alpha value is -3.63. The number of nitrogens with one attached hydrogen (secondary N) is 1. The zero-order valence-corrected chi connectivity index (χ0v) is 21.1. The summed E-state index contributed by atoms with van der Waals surface area (Å²) in [5.74, 6) is 3.33. The van der Waals surface area contributed by atoms with Crippen LogP contribution in [0.2, 0.25) is 5.02 Å². The van der Waals surface area contributed by atoms with E-state index in [2.05, 4.69) is 47.4 Å². The molecule has 0 spiro atoms. The molecule has 0 aliphatic heterocycles. The third-order valence-electron chi connectivity index (χ3n) is 6.08. The zero-order chi connectivity index (χ0) is 25.5. The number of aryl methyl sites for hydroxylation is 1. The molecule has 0 bridgehead atoms. The van der Waals surface area contributed by atoms with Crippen LogP contribution in [0.1, 0.15) is 35.8 Å². The van der Waals surface area contributed by atoms with Crippen molar-refractivity contribution in [1.29, 1.82) is 0 Å². The highest BCUT2D eigenvalue weighted by Crippen LogP contribution is 2.27. The van der Waals surface area contributed by atoms with Crippen molar-refractivity contribution in [2.24, 2.45) is 5.73 Å². The number of nitrogens with zero attached hydrogens (tertiary/aromatic N) is 3. The lowest BCUT2D eigenvalue weighted by Gasteiger charge is -2.32. The largest absolute Gasteiger partial charge is 0.330 e. The maximum absolute atomic E-state index is 13.7. The summed E-state index contributed by atoms with van der Waals surface area (Å²) in [5, 5.41) is 0.986. The summed E-state index contributed by atoms with van der Waals surface area (Å²) in [6, 6.07) is 22.7. The van der Waals surface area contributed by atoms with Crippen LogP contribution in [0.3, 0.4) is 0 Å². The normalized spacial score (nSPS) is 12.0. The van der Waals surface area contributed by atoms with E-state index in [1.165, 1.54) is 10.2 Å². The van der Waals surface area contributed by atoms with Crippen LogP contribution >= 0.6 is 11.6 Å². The van der Waals surface area contributed by atoms with Gasteiger partial charge in [-0.2, -0.15) is 0 Å². The Balaban J connectivity index is 1.87. The fraction of sp³-hybridized carbons (Fsp3) is 0.241. The van der Waals surface area contributed by atoms with Gasteiger partial charge in [-0.1, -0.05) is 59.6 Å². The molecule has 0 unspecified atom stereocenters. The van der Waals surface area contributed by atoms with Crippen molar-refractivity contribution in [3.8, 4) is 12.3 Å². The van der Waals surface area contributed by atoms with Crippen molar-refractivity contribution in [3.05, 3.63) is 105 Å². The molecule has 4 aromatic rings. The second-order valence-electron chi connectivity index (χ2n) is 8.77. The lowest BCUT2D eigenvalue weighted by molar-refractivity contribution is 0.178. The third-order valence-corrected chi connectivity index (χ3v) is 6.31. The maximum Gasteiger partial charge on any atom is 0.280 e. The Morgan fingerprint density at radius 3 is 2.58 bits per heavy atom. The second kappa shape index (κ2) is 11.9. The number of rotatable bonds is 10. The number of anilines is 1. The highest BCUT2D eigenvalue weighted by molar-refractivity contribution is 6.31. The van der Waals surface area contributed by atoms with E-state index in [-0.39, 0.29) is 11.6 Å². The Bertz CT molecular complexity index is 1410. The van der Waals surface area contributed by atoms with E-state index < -0.39 is 0 Å². The van der Waals surface area contributed by atoms with Gasteiger partial charge in [-0.3, -0.25) is 15.1 Å². The molecule has 0 radical (unpaired) electrons. The van der Waals surface area contributed by atoms with Crippen molar-refractivity contribution in [1.82, 2.24) is 14.6 Å². The smallest absolute Gasteiger partial charge is 0.280 e. The molecule has 1 aromatic heterocycles. The molecule has 3 aromatic carbocycles. The first-order valence-electron chi connectivity index (χ1n) is 12.0. The van der Waals surface area contributed by atoms with Crippen molar-refractivity contribution < 1.29 is 0 Å². The minimum atomic E-state index is -0.338. The molecule has 0 aliphatic carbocycles. The summed E-state index contributed by atoms with van der Waals surface area (Å²) >= 11 is 6.26. The van der Waals surface area contributed by atoms with Gasteiger partial charge in [0.15, 0.2) is 5.82 Å². The quantitative estimate of drug-likeness (QED) is 0.295. The molecule has 1 atom stereocenters. The molecule has 36 heavy (non-hydrogen) atoms. The first kappa shape index (κ1) is 25.5. The maximum atomic E-state index is 13.7. The van der Waals surface area contributed by atoms with Gasteiger partial charge in [-0.05, 0) is 55.8 Å². The zero-order valence-electron chi connectivity index (χ0n) is 20.3. The highest BCUT2D eigenvalue weighted by atomic mass is 35.5. The molecule has 0 saturated carbocycles. The molecule has 0 saturated heterocycles. The number of hydrogen-bond donors (Lipinski definition) is 2. The highest BCUT2D eigenvalue weighted by Gasteiger charge is 2.26. The number of hydrogen-bond acceptors (Lipinski definition) is 5. The first-order chi connectivity index (χ1) is 17.5. The molecule has 184 valence electrons. The Kier molecular flexibility index (Phi) is 8.40. The van der Waals surface area contributed by atoms with Gasteiger partial charge in [-0.15, -0.1) is 12.3 Å². The van der Waals surface area contributed by atoms with Gasteiger partial charge in [0.05, 0.1) is 22.6 Å². The Morgan fingerprint density at radius 1 is 1.14 bits per heavy atom. The Labute approximate surface area is 216 Å². The van der Waals surface area contributed by atoms with E-state index in [0.29, 0.717) is 47.8 Å². The van der Waals surface area contributed by atoms with Gasteiger partial charge < -0.3 is 5.73 Å². The SMILES string of the molecule is C#CC[C@H](c1nc2cc(Cl)ccc2c(=O)n1Nc1ccccc1)N(CCCN)Cc1ccc(C)cc1. The monoisotopic (exact) mass is 499 g/mol. The fourth-order valence-corrected chi connectivity index (χ4v) is 4.38. The molecule has 6 nitrogen and oxygen atoms in total. The summed E-state index contributed by atoms with van der Waals surface area (Å²) in [6.45, 7) is 3.95. The Morgan fingerprint density at radius 2 is 1.89 bits per heavy atom. The van der Waals surface area contributed by atoms with E-state index in [4.69, 9.17) is 28.7 Å². The van der Waals surface area contributed by atoms with E-state index in [9.17, 15) is 4.79 Å². The van der Waals surface area contributed by atoms with Crippen LogP contribution in [0.4, 0.5) is 5.69 Å². The van der Waals surface area contributed by atoms with Gasteiger partial charge in [0.2, 0.25) is 0 Å². The van der Waals surface area contributed by atoms with Gasteiger partial charge in [0.1, 0.15) is 0 Å². The molecule has 3 N–H and O–H groups in total. The first-order valence-corrected chi connectivity index (χ1v) is 12.4. The summed E-state index contributed by atoms with van der Waals surface area (Å²) in [6.07, 6.45) is 7.01. The van der Waals surface area contributed by atoms with Crippen molar-refractivity contribution in [3.63, 3.8) is 0 Å². The van der Waals surface area contributed by atoms with Crippen LogP contribution < -0.4 is 16.7 Å². The third kappa shape index (κ3) is 5.95. The number of halogens is 1. The van der Waals surface area contributed by atoms with Crippen molar-refractivity contribution >= 4 is 28.2 Å². The van der Waals surface area contributed by atoms with Gasteiger partial charge in [-0.25, -0.2) is 9.66 Å². The number of aromatic nitrogens is 2. The van der Waals surface area contributed by atoms with Crippen LogP contribution in [0, 0.1) is 19.3 Å². The number of para-hydroxylation sites is 1. The molecule has 0 amide bonds. The number of terminal acetylenes is 1. The van der Waals surface area contributed by atoms with Crippen LogP contribution in [0.15, 0.2) is 77.6 Å². The topological polar surface area (TPSA) is 76.2 Å². The van der Waals surface area contributed by atoms with E-state index in [0.717, 1.165) is 17.7 Å². The fourth-order valence-electron chi connectivity index (χ4n) is 4.21. The van der Waals surface area contributed by atoms with E-state index in [1.54, 1.807) is 18.2 Å². The lowest BCUT2D eigenvalue weighted by atomic mass is 10.1. The standard InChI is InChI=1S/C29H30ClN5O/c1-3-8-27(34(18-7-17-31)20-22-13-11-21(2)12-14-22)28-32-26-19-23(30)15-16-25(26)29(36)35(28)33-24-9-5-4-6-10-24/h1,4-6,9-16,19,27,33H,7-8,17-18,20,31H2,2H3/t27-/m1/s1. The van der Waals surface area contributed by atoms with Gasteiger partial charge in [0.25, 0.3) is 5.56 Å². The van der Waals surface area contributed by atoms with Crippen LogP contribution in [0.25, 0.3) is 10.9 Å². The molecule has 7 heteroatoms. The van der Waals surface area contributed by atoms with Crippen molar-refractivity contribution in [2.75, 3.05) is 18.5 Å². The summed E-state index contributed by atoms with van der Waals surface area (Å²) in [4.78, 5) is 20.9. The molecule has 1 heterocycles. The minimum Gasteiger partial charge on any atom is -0.330 e. The molecular formula is C29H30ClN5O. The second-order valence-corrected chi connectivity index (χ2v) is 9.21. The van der Waals surface area contributed by atoms with Crippen molar-refractivity contribution in [2.45, 2.75) is 32.4 Å². The summed E-state index contributed by atoms with van der Waals surface area (Å²) < 4.78 is 1.51. The predicted molar refractivity (Wildman–Crippen MR) is 148 cm³/mol. The van der Waals surface area contributed by atoms with Gasteiger partial charge in [0, 0.05) is 24.5 Å². The predicted octanol–water partition coefficient (Wildman–Crippen LogP) is 5.15. The van der Waals surface area contributed by atoms with Crippen LogP contribution in [0.5, 0.6) is 0 Å². The minimum absolute atomic E-state index is 0.216. The summed E-state index contributed by atoms with van der Waals surface area (Å²) in [5.41, 5.74) is 12.6. The molecule has 4 rings (SSSR count). The lowest BCUT2D eigenvalue weighted by Crippen LogP contribution is -2.38. The number of fused-ring (bicyclic) bond motifs is 1. The van der Waals surface area contributed by atoms with E-state index >= 15 is 0 Å².